The summed E-state index contributed by atoms with van der Waals surface area (Å²) in [5.41, 5.74) is 1.13. The number of aliphatic carboxylic acids is 1. The molecule has 2 N–H and O–H groups in total. The number of hydrogen-bond donors (Lipinski definition) is 2. The number of carbonyl (C=O) groups is 3. The number of β-lactam (4-membered cyclic amide) rings is 1. The lowest BCUT2D eigenvalue weighted by Crippen LogP contribution is -2.71. The molecule has 2 atom stereocenters. The lowest BCUT2D eigenvalue weighted by atomic mass is 9.99. The number of nitrogens with zero attached hydrogens (tertiary/aromatic N) is 1. The van der Waals surface area contributed by atoms with Crippen molar-refractivity contribution in [2.45, 2.75) is 24.0 Å². The molecule has 0 aromatic heterocycles. The van der Waals surface area contributed by atoms with Gasteiger partial charge in [-0.2, -0.15) is 13.2 Å². The van der Waals surface area contributed by atoms with Crippen LogP contribution < -0.4 is 5.32 Å². The molecule has 2 aliphatic heterocycles. The van der Waals surface area contributed by atoms with E-state index in [0.717, 1.165) is 22.2 Å². The van der Waals surface area contributed by atoms with Gasteiger partial charge in [0.2, 0.25) is 0 Å². The Labute approximate surface area is 150 Å². The maximum atomic E-state index is 12.4. The molecule has 26 heavy (non-hydrogen) atoms. The lowest BCUT2D eigenvalue weighted by molar-refractivity contribution is -0.177. The Morgan fingerprint density at radius 2 is 1.92 bits per heavy atom. The van der Waals surface area contributed by atoms with Crippen LogP contribution in [-0.4, -0.2) is 51.1 Å². The molecule has 10 heteroatoms. The van der Waals surface area contributed by atoms with Crippen molar-refractivity contribution in [1.82, 2.24) is 10.2 Å². The predicted octanol–water partition coefficient (Wildman–Crippen LogP) is 1.53. The number of carboxylic acids is 1. The molecule has 6 nitrogen and oxygen atoms in total. The first-order valence-electron chi connectivity index (χ1n) is 7.51. The van der Waals surface area contributed by atoms with Crippen molar-refractivity contribution in [3.05, 3.63) is 47.2 Å². The average Bonchev–Trinajstić information content (AvgIpc) is 2.58. The number of thioether (sulfide) groups is 1. The third-order valence-corrected chi connectivity index (χ3v) is 5.39. The van der Waals surface area contributed by atoms with Crippen LogP contribution in [0.2, 0.25) is 0 Å². The molecule has 0 radical (unpaired) electrons. The van der Waals surface area contributed by atoms with E-state index in [2.05, 4.69) is 0 Å². The Morgan fingerprint density at radius 3 is 2.50 bits per heavy atom. The minimum absolute atomic E-state index is 0.222. The number of carbonyl (C=O) groups excluding carboxylic acids is 2. The summed E-state index contributed by atoms with van der Waals surface area (Å²) in [4.78, 5) is 35.9. The van der Waals surface area contributed by atoms with Gasteiger partial charge in [0.05, 0.1) is 0 Å². The minimum atomic E-state index is -5.11. The zero-order valence-corrected chi connectivity index (χ0v) is 13.9. The van der Waals surface area contributed by atoms with E-state index in [-0.39, 0.29) is 11.4 Å². The molecule has 2 aliphatic rings. The van der Waals surface area contributed by atoms with Crippen LogP contribution >= 0.6 is 11.8 Å². The van der Waals surface area contributed by atoms with Crippen molar-refractivity contribution in [3.8, 4) is 0 Å². The molecule has 0 bridgehead atoms. The van der Waals surface area contributed by atoms with E-state index < -0.39 is 35.4 Å². The SMILES string of the molecule is O=C(O)C1=C(Cc2ccccc2)CS[C@@H]2[C@H](NC(=O)C(F)(F)F)C(=O)N12. The Morgan fingerprint density at radius 1 is 1.27 bits per heavy atom. The molecule has 0 unspecified atom stereocenters. The second-order valence-electron chi connectivity index (χ2n) is 5.78. The van der Waals surface area contributed by atoms with Gasteiger partial charge in [-0.1, -0.05) is 30.3 Å². The fourth-order valence-corrected chi connectivity index (χ4v) is 4.23. The van der Waals surface area contributed by atoms with Gasteiger partial charge in [0, 0.05) is 5.75 Å². The van der Waals surface area contributed by atoms with Gasteiger partial charge in [-0.25, -0.2) is 4.79 Å². The minimum Gasteiger partial charge on any atom is -0.477 e. The van der Waals surface area contributed by atoms with Crippen molar-refractivity contribution in [2.24, 2.45) is 0 Å². The number of carboxylic acid groups (broad SMARTS) is 1. The zero-order valence-electron chi connectivity index (χ0n) is 13.1. The highest BCUT2D eigenvalue weighted by atomic mass is 32.2. The molecule has 0 spiro atoms. The number of alkyl halides is 3. The first kappa shape index (κ1) is 18.3. The Bertz CT molecular complexity index is 794. The molecule has 138 valence electrons. The number of halogens is 3. The Hall–Kier alpha value is -2.49. The van der Waals surface area contributed by atoms with E-state index in [1.165, 1.54) is 0 Å². The highest BCUT2D eigenvalue weighted by Crippen LogP contribution is 2.41. The van der Waals surface area contributed by atoms with Gasteiger partial charge in [0.1, 0.15) is 17.1 Å². The van der Waals surface area contributed by atoms with Crippen LogP contribution in [-0.2, 0) is 20.8 Å². The van der Waals surface area contributed by atoms with Crippen LogP contribution in [0.3, 0.4) is 0 Å². The van der Waals surface area contributed by atoms with E-state index in [9.17, 15) is 32.7 Å². The van der Waals surface area contributed by atoms with Crippen molar-refractivity contribution < 1.29 is 32.7 Å². The lowest BCUT2D eigenvalue weighted by Gasteiger charge is -2.49. The van der Waals surface area contributed by atoms with Crippen molar-refractivity contribution in [2.75, 3.05) is 5.75 Å². The number of rotatable bonds is 4. The normalized spacial score (nSPS) is 22.6. The third-order valence-electron chi connectivity index (χ3n) is 4.05. The number of amides is 2. The van der Waals surface area contributed by atoms with Crippen molar-refractivity contribution >= 4 is 29.5 Å². The van der Waals surface area contributed by atoms with Crippen LogP contribution in [0.1, 0.15) is 5.56 Å². The van der Waals surface area contributed by atoms with Gasteiger partial charge in [0.25, 0.3) is 5.91 Å². The summed E-state index contributed by atoms with van der Waals surface area (Å²) in [6.07, 6.45) is -4.80. The number of fused-ring (bicyclic) bond motifs is 1. The molecular weight excluding hydrogens is 373 g/mol. The molecule has 1 aromatic rings. The number of nitrogens with one attached hydrogen (secondary N) is 1. The van der Waals surface area contributed by atoms with Crippen LogP contribution in [0.4, 0.5) is 13.2 Å². The van der Waals surface area contributed by atoms with Gasteiger partial charge in [0.15, 0.2) is 0 Å². The Balaban J connectivity index is 1.82. The highest BCUT2D eigenvalue weighted by Gasteiger charge is 2.56. The second-order valence-corrected chi connectivity index (χ2v) is 6.88. The highest BCUT2D eigenvalue weighted by molar-refractivity contribution is 8.00. The first-order chi connectivity index (χ1) is 12.2. The fourth-order valence-electron chi connectivity index (χ4n) is 2.88. The van der Waals surface area contributed by atoms with E-state index >= 15 is 0 Å². The van der Waals surface area contributed by atoms with Gasteiger partial charge in [-0.15, -0.1) is 11.8 Å². The average molecular weight is 386 g/mol. The largest absolute Gasteiger partial charge is 0.477 e. The van der Waals surface area contributed by atoms with E-state index in [1.807, 2.05) is 18.2 Å². The molecule has 2 heterocycles. The summed E-state index contributed by atoms with van der Waals surface area (Å²) in [5.74, 6) is -4.16. The maximum absolute atomic E-state index is 12.4. The molecular formula is C16H13F3N2O4S. The summed E-state index contributed by atoms with van der Waals surface area (Å²) < 4.78 is 37.1. The number of benzene rings is 1. The van der Waals surface area contributed by atoms with Gasteiger partial charge < -0.3 is 10.4 Å². The molecule has 1 aromatic carbocycles. The summed E-state index contributed by atoms with van der Waals surface area (Å²) in [6, 6.07) is 7.65. The molecule has 0 aliphatic carbocycles. The molecule has 1 fully saturated rings. The van der Waals surface area contributed by atoms with Crippen LogP contribution in [0.15, 0.2) is 41.6 Å². The van der Waals surface area contributed by atoms with Gasteiger partial charge in [-0.05, 0) is 17.6 Å². The molecule has 2 amide bonds. The topological polar surface area (TPSA) is 86.7 Å². The summed E-state index contributed by atoms with van der Waals surface area (Å²) >= 11 is 1.13. The Kier molecular flexibility index (Phi) is 4.70. The fraction of sp³-hybridized carbons (Fsp3) is 0.312. The predicted molar refractivity (Wildman–Crippen MR) is 85.9 cm³/mol. The molecule has 0 saturated carbocycles. The van der Waals surface area contributed by atoms with Crippen molar-refractivity contribution in [1.29, 1.82) is 0 Å². The van der Waals surface area contributed by atoms with E-state index in [0.29, 0.717) is 12.0 Å². The monoisotopic (exact) mass is 386 g/mol. The quantitative estimate of drug-likeness (QED) is 0.767. The van der Waals surface area contributed by atoms with Gasteiger partial charge in [-0.3, -0.25) is 14.5 Å². The standard InChI is InChI=1S/C16H13F3N2O4S/c17-16(18,19)15(25)20-10-12(22)21-11(14(23)24)9(7-26-13(10)21)6-8-4-2-1-3-5-8/h1-5,10,13H,6-7H2,(H,20,25)(H,23,24)/t10-,13-/m1/s1. The van der Waals surface area contributed by atoms with E-state index in [4.69, 9.17) is 0 Å². The number of hydrogen-bond acceptors (Lipinski definition) is 4. The van der Waals surface area contributed by atoms with Crippen molar-refractivity contribution in [3.63, 3.8) is 0 Å². The summed E-state index contributed by atoms with van der Waals surface area (Å²) in [7, 11) is 0. The molecule has 1 saturated heterocycles. The summed E-state index contributed by atoms with van der Waals surface area (Å²) in [6.45, 7) is 0. The van der Waals surface area contributed by atoms with Crippen LogP contribution in [0.5, 0.6) is 0 Å². The van der Waals surface area contributed by atoms with Crippen LogP contribution in [0, 0.1) is 0 Å². The zero-order chi connectivity index (χ0) is 19.1. The summed E-state index contributed by atoms with van der Waals surface area (Å²) in [5, 5.41) is 10.3. The van der Waals surface area contributed by atoms with Crippen LogP contribution in [0.25, 0.3) is 0 Å². The van der Waals surface area contributed by atoms with E-state index in [1.54, 1.807) is 17.4 Å². The molecule has 3 rings (SSSR count). The smallest absolute Gasteiger partial charge is 0.471 e. The van der Waals surface area contributed by atoms with Gasteiger partial charge >= 0.3 is 18.1 Å². The second kappa shape index (κ2) is 6.67. The maximum Gasteiger partial charge on any atom is 0.471 e. The first-order valence-corrected chi connectivity index (χ1v) is 8.56. The third kappa shape index (κ3) is 3.28.